The second-order valence-corrected chi connectivity index (χ2v) is 6.06. The van der Waals surface area contributed by atoms with Gasteiger partial charge in [-0.05, 0) is 25.5 Å². The van der Waals surface area contributed by atoms with Gasteiger partial charge in [-0.1, -0.05) is 12.1 Å². The van der Waals surface area contributed by atoms with Crippen LogP contribution in [0.25, 0.3) is 0 Å². The molecule has 1 aromatic carbocycles. The normalized spacial score (nSPS) is 25.2. The van der Waals surface area contributed by atoms with Gasteiger partial charge in [-0.15, -0.1) is 0 Å². The highest BCUT2D eigenvalue weighted by molar-refractivity contribution is 6.02. The third kappa shape index (κ3) is 2.74. The third-order valence-electron chi connectivity index (χ3n) is 4.59. The number of nitrogens with zero attached hydrogens (tertiary/aromatic N) is 1. The number of rotatable bonds is 2. The Kier molecular flexibility index (Phi) is 3.71. The molecule has 1 fully saturated rings. The molecular weight excluding hydrogens is 298 g/mol. The number of carboxylic acid groups (broad SMARTS) is 1. The van der Waals surface area contributed by atoms with Crippen molar-refractivity contribution >= 4 is 23.5 Å². The molecule has 0 unspecified atom stereocenters. The molecule has 3 rings (SSSR count). The summed E-state index contributed by atoms with van der Waals surface area (Å²) in [6.45, 7) is 1.78. The summed E-state index contributed by atoms with van der Waals surface area (Å²) in [5.74, 6) is -1.40. The molecule has 2 atom stereocenters. The van der Waals surface area contributed by atoms with Crippen molar-refractivity contribution in [2.75, 3.05) is 11.9 Å². The van der Waals surface area contributed by atoms with Crippen LogP contribution in [-0.4, -0.2) is 46.0 Å². The Morgan fingerprint density at radius 1 is 1.26 bits per heavy atom. The number of hydrogen-bond acceptors (Lipinski definition) is 4. The number of nitrogens with one attached hydrogen (secondary N) is 2. The first kappa shape index (κ1) is 15.3. The fraction of sp³-hybridized carbons (Fsp3) is 0.438. The van der Waals surface area contributed by atoms with Gasteiger partial charge in [0.15, 0.2) is 0 Å². The van der Waals surface area contributed by atoms with Crippen molar-refractivity contribution in [3.05, 3.63) is 29.8 Å². The molecule has 2 aliphatic rings. The number of anilines is 1. The molecule has 1 saturated heterocycles. The van der Waals surface area contributed by atoms with Crippen LogP contribution in [-0.2, 0) is 9.59 Å². The lowest BCUT2D eigenvalue weighted by Crippen LogP contribution is -2.58. The summed E-state index contributed by atoms with van der Waals surface area (Å²) in [4.78, 5) is 37.1. The number of para-hydroxylation sites is 1. The molecule has 0 aromatic heterocycles. The van der Waals surface area contributed by atoms with Gasteiger partial charge in [0.25, 0.3) is 5.91 Å². The first-order valence-corrected chi connectivity index (χ1v) is 7.64. The largest absolute Gasteiger partial charge is 0.480 e. The number of fused-ring (bicyclic) bond motifs is 1. The van der Waals surface area contributed by atoms with E-state index in [4.69, 9.17) is 5.11 Å². The molecule has 7 heteroatoms. The zero-order valence-electron chi connectivity index (χ0n) is 12.8. The molecule has 0 aliphatic carbocycles. The highest BCUT2D eigenvalue weighted by Gasteiger charge is 2.41. The van der Waals surface area contributed by atoms with E-state index in [1.807, 2.05) is 12.1 Å². The van der Waals surface area contributed by atoms with Crippen molar-refractivity contribution in [1.82, 2.24) is 10.2 Å². The molecule has 0 radical (unpaired) electrons. The number of aliphatic carboxylic acids is 1. The number of benzene rings is 1. The monoisotopic (exact) mass is 317 g/mol. The standard InChI is InChI=1S/C16H19N3O4/c1-10(15(22)23)19-9-8-16(7-6-13(19)20)17-12-5-3-2-4-11(12)14(21)18-16/h2-5,10,17H,6-9H2,1H3,(H,18,21)(H,22,23)/t10-,16-/m0/s1. The van der Waals surface area contributed by atoms with Crippen LogP contribution in [0.3, 0.4) is 0 Å². The van der Waals surface area contributed by atoms with Gasteiger partial charge >= 0.3 is 5.97 Å². The van der Waals surface area contributed by atoms with Crippen molar-refractivity contribution in [2.24, 2.45) is 0 Å². The molecule has 2 amide bonds. The summed E-state index contributed by atoms with van der Waals surface area (Å²) >= 11 is 0. The zero-order chi connectivity index (χ0) is 16.6. The molecular formula is C16H19N3O4. The SMILES string of the molecule is C[C@@H](C(=O)O)N1CC[C@]2(CCC1=O)NC(=O)c1ccccc1N2. The second-order valence-electron chi connectivity index (χ2n) is 6.06. The van der Waals surface area contributed by atoms with Crippen molar-refractivity contribution in [3.63, 3.8) is 0 Å². The predicted molar refractivity (Wildman–Crippen MR) is 82.9 cm³/mol. The van der Waals surface area contributed by atoms with Gasteiger partial charge in [0.2, 0.25) is 5.91 Å². The van der Waals surface area contributed by atoms with E-state index in [1.165, 1.54) is 11.8 Å². The van der Waals surface area contributed by atoms with E-state index in [0.29, 0.717) is 18.4 Å². The van der Waals surface area contributed by atoms with E-state index in [-0.39, 0.29) is 24.8 Å². The van der Waals surface area contributed by atoms with Crippen molar-refractivity contribution < 1.29 is 19.5 Å². The Bertz CT molecular complexity index is 675. The van der Waals surface area contributed by atoms with Gasteiger partial charge in [0.1, 0.15) is 11.7 Å². The average molecular weight is 317 g/mol. The minimum absolute atomic E-state index is 0.175. The molecule has 0 bridgehead atoms. The van der Waals surface area contributed by atoms with Crippen LogP contribution in [0.2, 0.25) is 0 Å². The van der Waals surface area contributed by atoms with Crippen LogP contribution in [0.15, 0.2) is 24.3 Å². The van der Waals surface area contributed by atoms with Crippen molar-refractivity contribution in [2.45, 2.75) is 37.9 Å². The summed E-state index contributed by atoms with van der Waals surface area (Å²) in [7, 11) is 0. The summed E-state index contributed by atoms with van der Waals surface area (Å²) in [6, 6.07) is 6.35. The lowest BCUT2D eigenvalue weighted by atomic mass is 9.95. The van der Waals surface area contributed by atoms with Crippen LogP contribution in [0.1, 0.15) is 36.5 Å². The molecule has 0 saturated carbocycles. The minimum Gasteiger partial charge on any atom is -0.480 e. The van der Waals surface area contributed by atoms with Crippen LogP contribution >= 0.6 is 0 Å². The number of carbonyl (C=O) groups is 3. The summed E-state index contributed by atoms with van der Waals surface area (Å²) in [6.07, 6.45) is 1.07. The Morgan fingerprint density at radius 3 is 2.74 bits per heavy atom. The first-order chi connectivity index (χ1) is 10.9. The van der Waals surface area contributed by atoms with Crippen molar-refractivity contribution in [3.8, 4) is 0 Å². The number of carboxylic acids is 1. The first-order valence-electron chi connectivity index (χ1n) is 7.64. The molecule has 2 heterocycles. The van der Waals surface area contributed by atoms with Gasteiger partial charge in [0, 0.05) is 25.1 Å². The van der Waals surface area contributed by atoms with Crippen LogP contribution in [0, 0.1) is 0 Å². The fourth-order valence-electron chi connectivity index (χ4n) is 3.18. The molecule has 23 heavy (non-hydrogen) atoms. The number of likely N-dealkylation sites (tertiary alicyclic amines) is 1. The lowest BCUT2D eigenvalue weighted by Gasteiger charge is -2.40. The highest BCUT2D eigenvalue weighted by Crippen LogP contribution is 2.31. The van der Waals surface area contributed by atoms with E-state index in [1.54, 1.807) is 12.1 Å². The average Bonchev–Trinajstić information content (AvgIpc) is 2.67. The van der Waals surface area contributed by atoms with Gasteiger partial charge in [0.05, 0.1) is 5.56 Å². The maximum Gasteiger partial charge on any atom is 0.326 e. The molecule has 1 aromatic rings. The van der Waals surface area contributed by atoms with E-state index in [0.717, 1.165) is 5.69 Å². The molecule has 2 aliphatic heterocycles. The van der Waals surface area contributed by atoms with E-state index in [9.17, 15) is 14.4 Å². The van der Waals surface area contributed by atoms with E-state index in [2.05, 4.69) is 10.6 Å². The van der Waals surface area contributed by atoms with Crippen molar-refractivity contribution in [1.29, 1.82) is 0 Å². The zero-order valence-corrected chi connectivity index (χ0v) is 12.8. The third-order valence-corrected chi connectivity index (χ3v) is 4.59. The second kappa shape index (κ2) is 5.57. The summed E-state index contributed by atoms with van der Waals surface area (Å²) in [5.41, 5.74) is 0.599. The van der Waals surface area contributed by atoms with Crippen LogP contribution in [0.4, 0.5) is 5.69 Å². The quantitative estimate of drug-likeness (QED) is 0.756. The Balaban J connectivity index is 1.84. The predicted octanol–water partition coefficient (Wildman–Crippen LogP) is 1.02. The summed E-state index contributed by atoms with van der Waals surface area (Å²) < 4.78 is 0. The fourth-order valence-corrected chi connectivity index (χ4v) is 3.18. The minimum atomic E-state index is -1.03. The maximum absolute atomic E-state index is 12.3. The van der Waals surface area contributed by atoms with Crippen LogP contribution in [0.5, 0.6) is 0 Å². The van der Waals surface area contributed by atoms with Gasteiger partial charge in [-0.25, -0.2) is 4.79 Å². The van der Waals surface area contributed by atoms with E-state index >= 15 is 0 Å². The lowest BCUT2D eigenvalue weighted by molar-refractivity contribution is -0.149. The highest BCUT2D eigenvalue weighted by atomic mass is 16.4. The number of hydrogen-bond donors (Lipinski definition) is 3. The smallest absolute Gasteiger partial charge is 0.326 e. The maximum atomic E-state index is 12.3. The topological polar surface area (TPSA) is 98.7 Å². The Labute approximate surface area is 133 Å². The molecule has 7 nitrogen and oxygen atoms in total. The molecule has 1 spiro atoms. The van der Waals surface area contributed by atoms with E-state index < -0.39 is 17.7 Å². The molecule has 3 N–H and O–H groups in total. The molecule has 122 valence electrons. The number of amides is 2. The van der Waals surface area contributed by atoms with Gasteiger partial charge in [-0.2, -0.15) is 0 Å². The number of carbonyl (C=O) groups excluding carboxylic acids is 2. The Hall–Kier alpha value is -2.57. The summed E-state index contributed by atoms with van der Waals surface area (Å²) in [5, 5.41) is 15.4. The Morgan fingerprint density at radius 2 is 2.00 bits per heavy atom. The van der Waals surface area contributed by atoms with Crippen LogP contribution < -0.4 is 10.6 Å². The van der Waals surface area contributed by atoms with Gasteiger partial charge in [-0.3, -0.25) is 9.59 Å². The van der Waals surface area contributed by atoms with Gasteiger partial charge < -0.3 is 20.6 Å².